The summed E-state index contributed by atoms with van der Waals surface area (Å²) < 4.78 is 45.8. The fourth-order valence-electron chi connectivity index (χ4n) is 1.28. The van der Waals surface area contributed by atoms with Crippen LogP contribution >= 0.6 is 0 Å². The minimum atomic E-state index is -4.74. The lowest BCUT2D eigenvalue weighted by Gasteiger charge is -2.15. The molecule has 0 aliphatic rings. The smallest absolute Gasteiger partial charge is 0.493 e. The van der Waals surface area contributed by atoms with E-state index in [1.54, 1.807) is 6.07 Å². The van der Waals surface area contributed by atoms with Crippen molar-refractivity contribution in [3.63, 3.8) is 0 Å². The molecule has 0 aromatic heterocycles. The number of rotatable bonds is 5. The summed E-state index contributed by atoms with van der Waals surface area (Å²) in [7, 11) is 0. The molecule has 1 rings (SSSR count). The van der Waals surface area contributed by atoms with E-state index in [0.29, 0.717) is 12.4 Å². The number of ether oxygens (including phenoxy) is 2. The Balaban J connectivity index is 2.87. The van der Waals surface area contributed by atoms with Crippen LogP contribution in [-0.2, 0) is 6.54 Å². The average Bonchev–Trinajstić information content (AvgIpc) is 2.24. The fraction of sp³-hybridized carbons (Fsp3) is 0.500. The molecule has 18 heavy (non-hydrogen) atoms. The summed E-state index contributed by atoms with van der Waals surface area (Å²) in [6, 6.07) is 4.25. The van der Waals surface area contributed by atoms with E-state index in [9.17, 15) is 13.2 Å². The first-order valence-electron chi connectivity index (χ1n) is 5.53. The highest BCUT2D eigenvalue weighted by Gasteiger charge is 2.32. The van der Waals surface area contributed by atoms with Crippen molar-refractivity contribution in [2.45, 2.75) is 26.8 Å². The van der Waals surface area contributed by atoms with Crippen molar-refractivity contribution in [3.05, 3.63) is 23.8 Å². The van der Waals surface area contributed by atoms with Gasteiger partial charge in [-0.15, -0.1) is 13.2 Å². The number of nitrogens with two attached hydrogens (primary N) is 1. The van der Waals surface area contributed by atoms with Crippen LogP contribution in [0.5, 0.6) is 11.5 Å². The van der Waals surface area contributed by atoms with E-state index >= 15 is 0 Å². The zero-order valence-electron chi connectivity index (χ0n) is 10.3. The normalized spacial score (nSPS) is 11.7. The lowest BCUT2D eigenvalue weighted by Crippen LogP contribution is -2.19. The molecule has 0 atom stereocenters. The predicted octanol–water partition coefficient (Wildman–Crippen LogP) is 3.08. The van der Waals surface area contributed by atoms with Crippen molar-refractivity contribution in [1.29, 1.82) is 0 Å². The van der Waals surface area contributed by atoms with Gasteiger partial charge in [-0.05, 0) is 12.0 Å². The first-order chi connectivity index (χ1) is 8.31. The highest BCUT2D eigenvalue weighted by atomic mass is 19.4. The molecule has 0 aliphatic heterocycles. The van der Waals surface area contributed by atoms with Gasteiger partial charge in [-0.25, -0.2) is 0 Å². The van der Waals surface area contributed by atoms with Gasteiger partial charge >= 0.3 is 6.36 Å². The molecule has 0 saturated heterocycles. The molecular formula is C12H16F3NO2. The first-order valence-corrected chi connectivity index (χ1v) is 5.53. The molecule has 0 unspecified atom stereocenters. The van der Waals surface area contributed by atoms with Gasteiger partial charge in [-0.1, -0.05) is 19.9 Å². The van der Waals surface area contributed by atoms with Crippen molar-refractivity contribution < 1.29 is 22.6 Å². The number of halogens is 3. The molecule has 0 saturated carbocycles. The molecule has 0 amide bonds. The van der Waals surface area contributed by atoms with Gasteiger partial charge in [0.05, 0.1) is 6.61 Å². The third-order valence-electron chi connectivity index (χ3n) is 2.07. The van der Waals surface area contributed by atoms with Crippen molar-refractivity contribution in [1.82, 2.24) is 0 Å². The quantitative estimate of drug-likeness (QED) is 0.887. The molecule has 0 bridgehead atoms. The van der Waals surface area contributed by atoms with Gasteiger partial charge in [0.25, 0.3) is 0 Å². The van der Waals surface area contributed by atoms with Crippen LogP contribution in [0.25, 0.3) is 0 Å². The summed E-state index contributed by atoms with van der Waals surface area (Å²) in [5, 5.41) is 0. The standard InChI is InChI=1S/C12H16F3NO2/c1-8(2)7-17-10-4-3-9(6-16)11(5-10)18-12(13,14)15/h3-5,8H,6-7,16H2,1-2H3. The Kier molecular flexibility index (Phi) is 4.84. The Labute approximate surface area is 104 Å². The highest BCUT2D eigenvalue weighted by molar-refractivity contribution is 5.40. The maximum atomic E-state index is 12.2. The monoisotopic (exact) mass is 263 g/mol. The van der Waals surface area contributed by atoms with Gasteiger partial charge in [0, 0.05) is 18.2 Å². The Morgan fingerprint density at radius 3 is 2.44 bits per heavy atom. The van der Waals surface area contributed by atoms with Crippen LogP contribution < -0.4 is 15.2 Å². The van der Waals surface area contributed by atoms with Gasteiger partial charge < -0.3 is 15.2 Å². The summed E-state index contributed by atoms with van der Waals surface area (Å²) in [6.07, 6.45) is -4.74. The van der Waals surface area contributed by atoms with Crippen LogP contribution in [0.15, 0.2) is 18.2 Å². The number of alkyl halides is 3. The molecule has 1 aromatic rings. The Bertz CT molecular complexity index is 391. The van der Waals surface area contributed by atoms with Crippen LogP contribution in [0.1, 0.15) is 19.4 Å². The maximum absolute atomic E-state index is 12.2. The van der Waals surface area contributed by atoms with Crippen molar-refractivity contribution in [2.75, 3.05) is 6.61 Å². The molecule has 102 valence electrons. The minimum Gasteiger partial charge on any atom is -0.493 e. The Hall–Kier alpha value is -1.43. The summed E-state index contributed by atoms with van der Waals surface area (Å²) in [6.45, 7) is 4.28. The third-order valence-corrected chi connectivity index (χ3v) is 2.07. The van der Waals surface area contributed by atoms with Crippen molar-refractivity contribution in [3.8, 4) is 11.5 Å². The van der Waals surface area contributed by atoms with Gasteiger partial charge in [0.1, 0.15) is 11.5 Å². The second-order valence-electron chi connectivity index (χ2n) is 4.23. The first kappa shape index (κ1) is 14.6. The van der Waals surface area contributed by atoms with E-state index in [0.717, 1.165) is 0 Å². The second-order valence-corrected chi connectivity index (χ2v) is 4.23. The van der Waals surface area contributed by atoms with E-state index in [2.05, 4.69) is 4.74 Å². The number of benzene rings is 1. The van der Waals surface area contributed by atoms with Gasteiger partial charge in [-0.3, -0.25) is 0 Å². The topological polar surface area (TPSA) is 44.5 Å². The average molecular weight is 263 g/mol. The summed E-state index contributed by atoms with van der Waals surface area (Å²) >= 11 is 0. The SMILES string of the molecule is CC(C)COc1ccc(CN)c(OC(F)(F)F)c1. The van der Waals surface area contributed by atoms with E-state index in [4.69, 9.17) is 10.5 Å². The lowest BCUT2D eigenvalue weighted by molar-refractivity contribution is -0.274. The zero-order chi connectivity index (χ0) is 13.8. The lowest BCUT2D eigenvalue weighted by atomic mass is 10.2. The van der Waals surface area contributed by atoms with E-state index in [-0.39, 0.29) is 23.8 Å². The van der Waals surface area contributed by atoms with Gasteiger partial charge in [0.2, 0.25) is 0 Å². The minimum absolute atomic E-state index is 0.0319. The number of hydrogen-bond donors (Lipinski definition) is 1. The molecule has 1 aromatic carbocycles. The molecule has 0 spiro atoms. The molecule has 2 N–H and O–H groups in total. The molecular weight excluding hydrogens is 247 g/mol. The maximum Gasteiger partial charge on any atom is 0.573 e. The van der Waals surface area contributed by atoms with Crippen molar-refractivity contribution in [2.24, 2.45) is 11.7 Å². The third kappa shape index (κ3) is 4.83. The van der Waals surface area contributed by atoms with E-state index in [1.165, 1.54) is 12.1 Å². The zero-order valence-corrected chi connectivity index (χ0v) is 10.3. The molecule has 6 heteroatoms. The van der Waals surface area contributed by atoms with Gasteiger partial charge in [-0.2, -0.15) is 0 Å². The molecule has 0 heterocycles. The highest BCUT2D eigenvalue weighted by Crippen LogP contribution is 2.30. The predicted molar refractivity (Wildman–Crippen MR) is 61.3 cm³/mol. The van der Waals surface area contributed by atoms with E-state index < -0.39 is 6.36 Å². The van der Waals surface area contributed by atoms with Crippen LogP contribution in [0, 0.1) is 5.92 Å². The molecule has 3 nitrogen and oxygen atoms in total. The summed E-state index contributed by atoms with van der Waals surface area (Å²) in [4.78, 5) is 0. The fourth-order valence-corrected chi connectivity index (χ4v) is 1.28. The van der Waals surface area contributed by atoms with Crippen LogP contribution in [-0.4, -0.2) is 13.0 Å². The Morgan fingerprint density at radius 2 is 1.94 bits per heavy atom. The molecule has 0 fully saturated rings. The molecule has 0 radical (unpaired) electrons. The molecule has 0 aliphatic carbocycles. The number of hydrogen-bond acceptors (Lipinski definition) is 3. The Morgan fingerprint density at radius 1 is 1.28 bits per heavy atom. The van der Waals surface area contributed by atoms with Gasteiger partial charge in [0.15, 0.2) is 0 Å². The van der Waals surface area contributed by atoms with Crippen LogP contribution in [0.3, 0.4) is 0 Å². The summed E-state index contributed by atoms with van der Waals surface area (Å²) in [5.74, 6) is 0.303. The van der Waals surface area contributed by atoms with Crippen LogP contribution in [0.2, 0.25) is 0 Å². The van der Waals surface area contributed by atoms with E-state index in [1.807, 2.05) is 13.8 Å². The largest absolute Gasteiger partial charge is 0.573 e. The second kappa shape index (κ2) is 5.95. The van der Waals surface area contributed by atoms with Crippen LogP contribution in [0.4, 0.5) is 13.2 Å². The van der Waals surface area contributed by atoms with Crippen molar-refractivity contribution >= 4 is 0 Å². The summed E-state index contributed by atoms with van der Waals surface area (Å²) in [5.41, 5.74) is 5.64.